The second kappa shape index (κ2) is 5.40. The van der Waals surface area contributed by atoms with E-state index in [1.165, 1.54) is 25.7 Å². The van der Waals surface area contributed by atoms with Gasteiger partial charge in [-0.1, -0.05) is 36.6 Å². The lowest BCUT2D eigenvalue weighted by atomic mass is 10.1. The molecule has 1 aliphatic carbocycles. The number of nitrogens with zero attached hydrogens (tertiary/aromatic N) is 3. The number of halogens is 1. The molecule has 0 amide bonds. The van der Waals surface area contributed by atoms with Crippen LogP contribution >= 0.6 is 11.6 Å². The quantitative estimate of drug-likeness (QED) is 0.653. The van der Waals surface area contributed by atoms with Crippen molar-refractivity contribution in [1.29, 1.82) is 0 Å². The predicted octanol–water partition coefficient (Wildman–Crippen LogP) is 5.18. The van der Waals surface area contributed by atoms with Gasteiger partial charge in [0.15, 0.2) is 5.65 Å². The largest absolute Gasteiger partial charge is 0.306 e. The highest BCUT2D eigenvalue weighted by atomic mass is 35.5. The Bertz CT molecular complexity index is 831. The number of benzene rings is 1. The fraction of sp³-hybridized carbons (Fsp3) is 0.333. The molecule has 0 radical (unpaired) electrons. The summed E-state index contributed by atoms with van der Waals surface area (Å²) in [6, 6.07) is 10.6. The first-order valence-electron chi connectivity index (χ1n) is 7.84. The van der Waals surface area contributed by atoms with E-state index in [4.69, 9.17) is 16.6 Å². The molecule has 0 N–H and O–H groups in total. The van der Waals surface area contributed by atoms with Gasteiger partial charge in [-0.2, -0.15) is 0 Å². The van der Waals surface area contributed by atoms with Gasteiger partial charge in [0, 0.05) is 17.8 Å². The lowest BCUT2D eigenvalue weighted by molar-refractivity contribution is 0.534. The van der Waals surface area contributed by atoms with E-state index in [9.17, 15) is 0 Å². The Hall–Kier alpha value is -1.87. The molecule has 1 saturated carbocycles. The molecule has 2 heterocycles. The first-order valence-corrected chi connectivity index (χ1v) is 8.22. The zero-order chi connectivity index (χ0) is 15.1. The summed E-state index contributed by atoms with van der Waals surface area (Å²) in [5.74, 6) is 0.953. The Labute approximate surface area is 135 Å². The molecule has 0 spiro atoms. The zero-order valence-electron chi connectivity index (χ0n) is 12.6. The van der Waals surface area contributed by atoms with Gasteiger partial charge < -0.3 is 4.57 Å². The van der Waals surface area contributed by atoms with Gasteiger partial charge in [-0.25, -0.2) is 9.97 Å². The number of aromatic nitrogens is 3. The summed E-state index contributed by atoms with van der Waals surface area (Å²) in [6.07, 6.45) is 6.78. The van der Waals surface area contributed by atoms with Crippen LogP contribution in [0.1, 0.15) is 37.3 Å². The predicted molar refractivity (Wildman–Crippen MR) is 90.2 cm³/mol. The van der Waals surface area contributed by atoms with Crippen molar-refractivity contribution in [1.82, 2.24) is 14.5 Å². The summed E-state index contributed by atoms with van der Waals surface area (Å²) < 4.78 is 2.31. The minimum absolute atomic E-state index is 0.478. The number of fused-ring (bicyclic) bond motifs is 1. The van der Waals surface area contributed by atoms with Gasteiger partial charge in [0.1, 0.15) is 11.3 Å². The summed E-state index contributed by atoms with van der Waals surface area (Å²) in [4.78, 5) is 9.43. The molecule has 22 heavy (non-hydrogen) atoms. The molecule has 0 bridgehead atoms. The molecule has 0 unspecified atom stereocenters. The van der Waals surface area contributed by atoms with Crippen LogP contribution in [0, 0.1) is 6.92 Å². The van der Waals surface area contributed by atoms with Crippen LogP contribution in [0.4, 0.5) is 0 Å². The first kappa shape index (κ1) is 13.8. The second-order valence-electron chi connectivity index (χ2n) is 6.03. The molecule has 2 aromatic heterocycles. The van der Waals surface area contributed by atoms with Crippen molar-refractivity contribution in [3.63, 3.8) is 0 Å². The maximum Gasteiger partial charge on any atom is 0.160 e. The standard InChI is InChI=1S/C18H18ClN3/c1-12-6-4-9-14(16(12)19)17-21-15-10-5-11-20-18(15)22(17)13-7-2-3-8-13/h4-6,9-11,13H,2-3,7-8H2,1H3. The molecule has 4 heteroatoms. The van der Waals surface area contributed by atoms with Crippen molar-refractivity contribution in [2.45, 2.75) is 38.6 Å². The maximum atomic E-state index is 6.56. The molecule has 1 aliphatic rings. The topological polar surface area (TPSA) is 30.7 Å². The van der Waals surface area contributed by atoms with E-state index in [1.807, 2.05) is 37.4 Å². The molecule has 0 saturated heterocycles. The van der Waals surface area contributed by atoms with E-state index in [2.05, 4.69) is 15.6 Å². The molecule has 0 aliphatic heterocycles. The second-order valence-corrected chi connectivity index (χ2v) is 6.40. The van der Waals surface area contributed by atoms with Crippen molar-refractivity contribution in [2.24, 2.45) is 0 Å². The van der Waals surface area contributed by atoms with Crippen LogP contribution in [-0.2, 0) is 0 Å². The smallest absolute Gasteiger partial charge is 0.160 e. The molecule has 0 atom stereocenters. The molecule has 112 valence electrons. The van der Waals surface area contributed by atoms with Crippen molar-refractivity contribution in [3.05, 3.63) is 47.1 Å². The lowest BCUT2D eigenvalue weighted by Crippen LogP contribution is -2.07. The summed E-state index contributed by atoms with van der Waals surface area (Å²) in [7, 11) is 0. The number of hydrogen-bond donors (Lipinski definition) is 0. The van der Waals surface area contributed by atoms with Crippen LogP contribution < -0.4 is 0 Å². The van der Waals surface area contributed by atoms with Gasteiger partial charge in [0.2, 0.25) is 0 Å². The highest BCUT2D eigenvalue weighted by Gasteiger charge is 2.25. The van der Waals surface area contributed by atoms with Crippen molar-refractivity contribution < 1.29 is 0 Å². The SMILES string of the molecule is Cc1cccc(-c2nc3cccnc3n2C2CCCC2)c1Cl. The number of hydrogen-bond acceptors (Lipinski definition) is 2. The highest BCUT2D eigenvalue weighted by Crippen LogP contribution is 2.38. The van der Waals surface area contributed by atoms with Crippen molar-refractivity contribution in [2.75, 3.05) is 0 Å². The number of rotatable bonds is 2. The van der Waals surface area contributed by atoms with Crippen LogP contribution in [0.5, 0.6) is 0 Å². The van der Waals surface area contributed by atoms with Crippen LogP contribution in [0.2, 0.25) is 5.02 Å². The number of imidazole rings is 1. The van der Waals surface area contributed by atoms with Gasteiger partial charge in [-0.3, -0.25) is 0 Å². The van der Waals surface area contributed by atoms with Gasteiger partial charge in [-0.05, 0) is 43.5 Å². The van der Waals surface area contributed by atoms with Crippen molar-refractivity contribution >= 4 is 22.8 Å². The van der Waals surface area contributed by atoms with Crippen LogP contribution in [0.3, 0.4) is 0 Å². The molecule has 4 rings (SSSR count). The minimum Gasteiger partial charge on any atom is -0.306 e. The van der Waals surface area contributed by atoms with E-state index >= 15 is 0 Å². The van der Waals surface area contributed by atoms with Crippen LogP contribution in [0.15, 0.2) is 36.5 Å². The van der Waals surface area contributed by atoms with E-state index in [0.29, 0.717) is 6.04 Å². The fourth-order valence-electron chi connectivity index (χ4n) is 3.45. The monoisotopic (exact) mass is 311 g/mol. The van der Waals surface area contributed by atoms with E-state index < -0.39 is 0 Å². The van der Waals surface area contributed by atoms with E-state index in [-0.39, 0.29) is 0 Å². The van der Waals surface area contributed by atoms with Gasteiger partial charge in [-0.15, -0.1) is 0 Å². The fourth-order valence-corrected chi connectivity index (χ4v) is 3.66. The van der Waals surface area contributed by atoms with Gasteiger partial charge in [0.25, 0.3) is 0 Å². The molecular weight excluding hydrogens is 294 g/mol. The third-order valence-electron chi connectivity index (χ3n) is 4.57. The Morgan fingerprint density at radius 1 is 1.14 bits per heavy atom. The van der Waals surface area contributed by atoms with Crippen LogP contribution in [-0.4, -0.2) is 14.5 Å². The average Bonchev–Trinajstić information content (AvgIpc) is 3.16. The third-order valence-corrected chi connectivity index (χ3v) is 5.07. The number of pyridine rings is 1. The molecule has 3 aromatic rings. The first-order chi connectivity index (χ1) is 10.8. The summed E-state index contributed by atoms with van der Waals surface area (Å²) in [5, 5.41) is 0.789. The van der Waals surface area contributed by atoms with Crippen LogP contribution in [0.25, 0.3) is 22.6 Å². The number of aryl methyl sites for hydroxylation is 1. The normalized spacial score (nSPS) is 15.7. The zero-order valence-corrected chi connectivity index (χ0v) is 13.3. The van der Waals surface area contributed by atoms with Gasteiger partial charge >= 0.3 is 0 Å². The van der Waals surface area contributed by atoms with Crippen molar-refractivity contribution in [3.8, 4) is 11.4 Å². The molecular formula is C18H18ClN3. The summed E-state index contributed by atoms with van der Waals surface area (Å²) in [6.45, 7) is 2.03. The van der Waals surface area contributed by atoms with Gasteiger partial charge in [0.05, 0.1) is 5.02 Å². The minimum atomic E-state index is 0.478. The van der Waals surface area contributed by atoms with E-state index in [1.54, 1.807) is 0 Å². The highest BCUT2D eigenvalue weighted by molar-refractivity contribution is 6.34. The molecule has 3 nitrogen and oxygen atoms in total. The average molecular weight is 312 g/mol. The Morgan fingerprint density at radius 2 is 1.95 bits per heavy atom. The molecule has 1 aromatic carbocycles. The Morgan fingerprint density at radius 3 is 2.77 bits per heavy atom. The third kappa shape index (κ3) is 2.12. The maximum absolute atomic E-state index is 6.56. The van der Waals surface area contributed by atoms with E-state index in [0.717, 1.165) is 33.1 Å². The summed E-state index contributed by atoms with van der Waals surface area (Å²) >= 11 is 6.56. The lowest BCUT2D eigenvalue weighted by Gasteiger charge is -2.16. The summed E-state index contributed by atoms with van der Waals surface area (Å²) in [5.41, 5.74) is 4.01. The Balaban J connectivity index is 2.00. The molecule has 1 fully saturated rings. The Kier molecular flexibility index (Phi) is 3.38.